The van der Waals surface area contributed by atoms with Crippen molar-refractivity contribution >= 4 is 5.97 Å². The summed E-state index contributed by atoms with van der Waals surface area (Å²) in [4.78, 5) is 12.7. The van der Waals surface area contributed by atoms with Gasteiger partial charge in [0.05, 0.1) is 0 Å². The van der Waals surface area contributed by atoms with Crippen LogP contribution in [0.2, 0.25) is 0 Å². The third-order valence-electron chi connectivity index (χ3n) is 10.0. The number of carbonyl (C=O) groups excluding carboxylic acids is 1. The van der Waals surface area contributed by atoms with E-state index in [1.165, 1.54) is 0 Å². The topological polar surface area (TPSA) is 107 Å². The first-order chi connectivity index (χ1) is 15.4. The van der Waals surface area contributed by atoms with E-state index in [0.29, 0.717) is 12.8 Å². The molecule has 1 heterocycles. The second kappa shape index (κ2) is 8.19. The van der Waals surface area contributed by atoms with Crippen LogP contribution >= 0.6 is 0 Å². The van der Waals surface area contributed by atoms with Gasteiger partial charge in [0.1, 0.15) is 11.2 Å². The minimum Gasteiger partial charge on any atom is -0.505 e. The Morgan fingerprint density at radius 1 is 0.688 bits per heavy atom. The number of aliphatic hydroxyl groups is 4. The van der Waals surface area contributed by atoms with Crippen LogP contribution < -0.4 is 0 Å². The third kappa shape index (κ3) is 2.87. The maximum absolute atomic E-state index is 13.1. The van der Waals surface area contributed by atoms with Crippen LogP contribution in [0, 0.1) is 23.7 Å². The van der Waals surface area contributed by atoms with Crippen LogP contribution in [-0.2, 0) is 9.53 Å². The number of hydrogen-bond acceptors (Lipinski definition) is 6. The highest BCUT2D eigenvalue weighted by Gasteiger charge is 2.77. The molecular weight excluding hydrogens is 408 g/mol. The lowest BCUT2D eigenvalue weighted by Crippen LogP contribution is -2.77. The molecule has 32 heavy (non-hydrogen) atoms. The van der Waals surface area contributed by atoms with Crippen molar-refractivity contribution in [2.75, 3.05) is 0 Å². The standard InChI is InChI=1S/C26H40O6/c27-21-22(28)25(32-23(21)29,19-13-5-6-14-19)26(31,20-15-7-8-16-20)24(30,17-9-1-2-10-17)18-11-3-4-12-18/h17-20,27-28,30-31H,1-16H2/t25-,26-/m0/s1. The molecule has 4 N–H and O–H groups in total. The van der Waals surface area contributed by atoms with E-state index in [2.05, 4.69) is 0 Å². The summed E-state index contributed by atoms with van der Waals surface area (Å²) in [5.41, 5.74) is -5.05. The second-order valence-corrected chi connectivity index (χ2v) is 11.3. The van der Waals surface area contributed by atoms with Gasteiger partial charge in [0.25, 0.3) is 0 Å². The average Bonchev–Trinajstić information content (AvgIpc) is 3.63. The fourth-order valence-electron chi connectivity index (χ4n) is 8.65. The van der Waals surface area contributed by atoms with Crippen LogP contribution in [0.15, 0.2) is 11.5 Å². The first kappa shape index (κ1) is 22.5. The third-order valence-corrected chi connectivity index (χ3v) is 10.0. The zero-order chi connectivity index (χ0) is 22.6. The summed E-state index contributed by atoms with van der Waals surface area (Å²) in [6.45, 7) is 0. The maximum Gasteiger partial charge on any atom is 0.378 e. The van der Waals surface area contributed by atoms with E-state index in [1.807, 2.05) is 0 Å². The minimum atomic E-state index is -1.82. The molecule has 4 fully saturated rings. The number of carbonyl (C=O) groups is 1. The van der Waals surface area contributed by atoms with Gasteiger partial charge >= 0.3 is 5.97 Å². The van der Waals surface area contributed by atoms with Crippen molar-refractivity contribution in [3.63, 3.8) is 0 Å². The first-order valence-corrected chi connectivity index (χ1v) is 13.2. The summed E-state index contributed by atoms with van der Waals surface area (Å²) < 4.78 is 5.98. The molecule has 5 rings (SSSR count). The van der Waals surface area contributed by atoms with Gasteiger partial charge in [-0.2, -0.15) is 0 Å². The quantitative estimate of drug-likeness (QED) is 0.434. The van der Waals surface area contributed by atoms with E-state index < -0.39 is 34.3 Å². The lowest BCUT2D eigenvalue weighted by atomic mass is 9.51. The molecule has 1 aliphatic heterocycles. The molecule has 0 radical (unpaired) electrons. The highest BCUT2D eigenvalue weighted by atomic mass is 16.6. The summed E-state index contributed by atoms with van der Waals surface area (Å²) in [6, 6.07) is 0. The van der Waals surface area contributed by atoms with Crippen molar-refractivity contribution in [3.05, 3.63) is 11.5 Å². The van der Waals surface area contributed by atoms with Gasteiger partial charge in [-0.3, -0.25) is 0 Å². The van der Waals surface area contributed by atoms with Crippen molar-refractivity contribution in [1.29, 1.82) is 0 Å². The fraction of sp³-hybridized carbons (Fsp3) is 0.885. The van der Waals surface area contributed by atoms with E-state index >= 15 is 0 Å². The molecule has 0 aromatic carbocycles. The Labute approximate surface area is 191 Å². The van der Waals surface area contributed by atoms with Crippen molar-refractivity contribution in [2.45, 2.75) is 120 Å². The molecular formula is C26H40O6. The molecule has 4 saturated carbocycles. The summed E-state index contributed by atoms with van der Waals surface area (Å²) in [7, 11) is 0. The van der Waals surface area contributed by atoms with E-state index in [-0.39, 0.29) is 23.7 Å². The molecule has 4 aliphatic carbocycles. The molecule has 2 atom stereocenters. The van der Waals surface area contributed by atoms with Crippen LogP contribution in [0.5, 0.6) is 0 Å². The monoisotopic (exact) mass is 448 g/mol. The highest BCUT2D eigenvalue weighted by Crippen LogP contribution is 2.63. The molecule has 0 amide bonds. The largest absolute Gasteiger partial charge is 0.505 e. The molecule has 0 spiro atoms. The predicted molar refractivity (Wildman–Crippen MR) is 119 cm³/mol. The smallest absolute Gasteiger partial charge is 0.378 e. The maximum atomic E-state index is 13.1. The summed E-state index contributed by atoms with van der Waals surface area (Å²) >= 11 is 0. The van der Waals surface area contributed by atoms with Crippen LogP contribution in [0.25, 0.3) is 0 Å². The molecule has 6 nitrogen and oxygen atoms in total. The Kier molecular flexibility index (Phi) is 5.77. The van der Waals surface area contributed by atoms with E-state index in [1.54, 1.807) is 0 Å². The van der Waals surface area contributed by atoms with Crippen LogP contribution in [0.1, 0.15) is 103 Å². The normalized spacial score (nSPS) is 33.5. The molecule has 0 aromatic rings. The molecule has 0 bridgehead atoms. The summed E-state index contributed by atoms with van der Waals surface area (Å²) in [5.74, 6) is -3.06. The minimum absolute atomic E-state index is 0.0938. The Hall–Kier alpha value is -1.27. The summed E-state index contributed by atoms with van der Waals surface area (Å²) in [5, 5.41) is 48.0. The summed E-state index contributed by atoms with van der Waals surface area (Å²) in [6.07, 6.45) is 14.0. The van der Waals surface area contributed by atoms with Crippen LogP contribution in [-0.4, -0.2) is 43.2 Å². The lowest BCUT2D eigenvalue weighted by Gasteiger charge is -2.60. The number of ether oxygens (including phenoxy) is 1. The van der Waals surface area contributed by atoms with Gasteiger partial charge in [0, 0.05) is 5.92 Å². The molecule has 0 unspecified atom stereocenters. The molecule has 0 aromatic heterocycles. The van der Waals surface area contributed by atoms with E-state index in [0.717, 1.165) is 89.9 Å². The zero-order valence-electron chi connectivity index (χ0n) is 19.2. The number of hydrogen-bond donors (Lipinski definition) is 4. The number of aliphatic hydroxyl groups excluding tert-OH is 2. The fourth-order valence-corrected chi connectivity index (χ4v) is 8.65. The molecule has 5 aliphatic rings. The van der Waals surface area contributed by atoms with Crippen LogP contribution in [0.4, 0.5) is 0 Å². The second-order valence-electron chi connectivity index (χ2n) is 11.3. The molecule has 180 valence electrons. The van der Waals surface area contributed by atoms with Gasteiger partial charge in [-0.1, -0.05) is 51.4 Å². The first-order valence-electron chi connectivity index (χ1n) is 13.2. The predicted octanol–water partition coefficient (Wildman–Crippen LogP) is 4.83. The van der Waals surface area contributed by atoms with Crippen LogP contribution in [0.3, 0.4) is 0 Å². The van der Waals surface area contributed by atoms with Crippen molar-refractivity contribution in [3.8, 4) is 0 Å². The Morgan fingerprint density at radius 3 is 1.50 bits per heavy atom. The molecule has 0 saturated heterocycles. The van der Waals surface area contributed by atoms with Crippen molar-refractivity contribution in [1.82, 2.24) is 0 Å². The molecule has 6 heteroatoms. The van der Waals surface area contributed by atoms with E-state index in [9.17, 15) is 25.2 Å². The van der Waals surface area contributed by atoms with Gasteiger partial charge in [-0.25, -0.2) is 4.79 Å². The number of cyclic esters (lactones) is 1. The highest BCUT2D eigenvalue weighted by molar-refractivity contribution is 5.90. The van der Waals surface area contributed by atoms with E-state index in [4.69, 9.17) is 4.74 Å². The zero-order valence-corrected chi connectivity index (χ0v) is 19.2. The van der Waals surface area contributed by atoms with Crippen molar-refractivity contribution in [2.24, 2.45) is 23.7 Å². The van der Waals surface area contributed by atoms with Gasteiger partial charge in [0.2, 0.25) is 11.4 Å². The Bertz CT molecular complexity index is 736. The van der Waals surface area contributed by atoms with Crippen molar-refractivity contribution < 1.29 is 30.0 Å². The Balaban J connectivity index is 1.75. The average molecular weight is 449 g/mol. The van der Waals surface area contributed by atoms with Gasteiger partial charge < -0.3 is 25.2 Å². The number of rotatable bonds is 6. The van der Waals surface area contributed by atoms with Gasteiger partial charge in [-0.05, 0) is 69.1 Å². The Morgan fingerprint density at radius 2 is 1.09 bits per heavy atom. The van der Waals surface area contributed by atoms with Gasteiger partial charge in [-0.15, -0.1) is 0 Å². The number of esters is 1. The van der Waals surface area contributed by atoms with Gasteiger partial charge in [0.15, 0.2) is 5.76 Å². The lowest BCUT2D eigenvalue weighted by molar-refractivity contribution is -0.308. The SMILES string of the molecule is O=C1O[C@](C2CCCC2)([C@](O)(C2CCCC2)C(O)(C2CCCC2)C2CCCC2)C(O)=C1O.